The lowest BCUT2D eigenvalue weighted by molar-refractivity contribution is 0.0796. The Morgan fingerprint density at radius 2 is 1.74 bits per heavy atom. The molecule has 3 aliphatic rings. The standard InChI is InChI=1S/C28H30N2O/c31-27-18-23-20(16-25-22-11-6-7-13-28(22,23)14-15-29-25)17-26(27)30-24-12-5-4-10-21(24)19-8-2-1-3-9-19/h1-5,8-10,12,17-18,22,25,29-31H,6-7,11,13-16H2/t22-,25+,28+/m0/s1. The third kappa shape index (κ3) is 3.06. The summed E-state index contributed by atoms with van der Waals surface area (Å²) in [6.45, 7) is 1.10. The van der Waals surface area contributed by atoms with Gasteiger partial charge in [0, 0.05) is 22.7 Å². The Morgan fingerprint density at radius 3 is 2.65 bits per heavy atom. The number of nitrogens with one attached hydrogen (secondary N) is 2. The van der Waals surface area contributed by atoms with E-state index in [2.05, 4.69) is 65.2 Å². The van der Waals surface area contributed by atoms with E-state index in [1.54, 1.807) is 0 Å². The van der Waals surface area contributed by atoms with Gasteiger partial charge in [0.1, 0.15) is 5.75 Å². The van der Waals surface area contributed by atoms with Crippen molar-refractivity contribution in [2.24, 2.45) is 5.92 Å². The molecule has 1 aliphatic heterocycles. The van der Waals surface area contributed by atoms with Crippen LogP contribution in [0, 0.1) is 5.92 Å². The van der Waals surface area contributed by atoms with Crippen LogP contribution in [0.1, 0.15) is 43.2 Å². The molecule has 3 aromatic rings. The summed E-state index contributed by atoms with van der Waals surface area (Å²) >= 11 is 0. The predicted molar refractivity (Wildman–Crippen MR) is 127 cm³/mol. The third-order valence-corrected chi connectivity index (χ3v) is 8.04. The Balaban J connectivity index is 1.40. The van der Waals surface area contributed by atoms with Crippen LogP contribution < -0.4 is 10.6 Å². The van der Waals surface area contributed by atoms with Crippen LogP contribution in [-0.4, -0.2) is 17.7 Å². The number of fused-ring (bicyclic) bond motifs is 1. The molecule has 31 heavy (non-hydrogen) atoms. The second-order valence-electron chi connectivity index (χ2n) is 9.59. The van der Waals surface area contributed by atoms with Gasteiger partial charge in [-0.2, -0.15) is 0 Å². The first-order valence-electron chi connectivity index (χ1n) is 11.8. The fourth-order valence-corrected chi connectivity index (χ4v) is 6.68. The molecular formula is C28H30N2O. The van der Waals surface area contributed by atoms with Crippen molar-refractivity contribution in [2.45, 2.75) is 50.0 Å². The highest BCUT2D eigenvalue weighted by molar-refractivity contribution is 5.82. The highest BCUT2D eigenvalue weighted by Crippen LogP contribution is 2.55. The van der Waals surface area contributed by atoms with Crippen LogP contribution >= 0.6 is 0 Å². The van der Waals surface area contributed by atoms with Gasteiger partial charge in [-0.15, -0.1) is 0 Å². The molecule has 0 amide bonds. The van der Waals surface area contributed by atoms with Crippen LogP contribution in [0.3, 0.4) is 0 Å². The fraction of sp³-hybridized carbons (Fsp3) is 0.357. The lowest BCUT2D eigenvalue weighted by atomic mass is 9.53. The average Bonchev–Trinajstić information content (AvgIpc) is 2.81. The van der Waals surface area contributed by atoms with Crippen LogP contribution in [0.25, 0.3) is 11.1 Å². The zero-order valence-electron chi connectivity index (χ0n) is 17.9. The van der Waals surface area contributed by atoms with Crippen molar-refractivity contribution < 1.29 is 5.11 Å². The van der Waals surface area contributed by atoms with Crippen molar-refractivity contribution in [3.63, 3.8) is 0 Å². The van der Waals surface area contributed by atoms with Crippen LogP contribution in [0.15, 0.2) is 66.7 Å². The third-order valence-electron chi connectivity index (χ3n) is 8.04. The minimum Gasteiger partial charge on any atom is -0.506 e. The largest absolute Gasteiger partial charge is 0.506 e. The Bertz CT molecular complexity index is 1110. The first-order chi connectivity index (χ1) is 15.2. The molecule has 2 fully saturated rings. The van der Waals surface area contributed by atoms with Gasteiger partial charge in [0.15, 0.2) is 0 Å². The molecule has 3 N–H and O–H groups in total. The van der Waals surface area contributed by atoms with E-state index in [-0.39, 0.29) is 5.41 Å². The number of aromatic hydroxyl groups is 1. The van der Waals surface area contributed by atoms with Gasteiger partial charge in [-0.1, -0.05) is 61.4 Å². The quantitative estimate of drug-likeness (QED) is 0.454. The van der Waals surface area contributed by atoms with Gasteiger partial charge in [0.2, 0.25) is 0 Å². The van der Waals surface area contributed by atoms with E-state index in [0.717, 1.165) is 35.8 Å². The van der Waals surface area contributed by atoms with Gasteiger partial charge in [-0.25, -0.2) is 0 Å². The molecule has 3 aromatic carbocycles. The summed E-state index contributed by atoms with van der Waals surface area (Å²) in [5.74, 6) is 1.09. The number of piperidine rings is 1. The minimum atomic E-state index is 0.264. The van der Waals surface area contributed by atoms with Gasteiger partial charge in [0.25, 0.3) is 0 Å². The van der Waals surface area contributed by atoms with Gasteiger partial charge < -0.3 is 15.7 Å². The van der Waals surface area contributed by atoms with Crippen molar-refractivity contribution in [2.75, 3.05) is 11.9 Å². The molecular weight excluding hydrogens is 380 g/mol. The summed E-state index contributed by atoms with van der Waals surface area (Å²) in [6, 6.07) is 23.7. The van der Waals surface area contributed by atoms with Crippen molar-refractivity contribution in [1.29, 1.82) is 0 Å². The summed E-state index contributed by atoms with van der Waals surface area (Å²) in [5.41, 5.74) is 7.25. The van der Waals surface area contributed by atoms with Gasteiger partial charge in [-0.05, 0) is 73.0 Å². The summed E-state index contributed by atoms with van der Waals surface area (Å²) in [5, 5.41) is 18.5. The number of phenols is 1. The smallest absolute Gasteiger partial charge is 0.139 e. The lowest BCUT2D eigenvalue weighted by Gasteiger charge is -2.56. The van der Waals surface area contributed by atoms with E-state index in [0.29, 0.717) is 11.8 Å². The van der Waals surface area contributed by atoms with Crippen LogP contribution in [0.4, 0.5) is 11.4 Å². The molecule has 3 heteroatoms. The Morgan fingerprint density at radius 1 is 0.903 bits per heavy atom. The van der Waals surface area contributed by atoms with Crippen molar-refractivity contribution in [3.05, 3.63) is 77.9 Å². The van der Waals surface area contributed by atoms with E-state index < -0.39 is 0 Å². The number of hydrogen-bond donors (Lipinski definition) is 3. The SMILES string of the molecule is Oc1cc2c(cc1Nc1ccccc1-c1ccccc1)C[C@H]1NCC[C@@]23CCCC[C@@H]13. The monoisotopic (exact) mass is 410 g/mol. The Kier molecular flexibility index (Phi) is 4.53. The molecule has 0 unspecified atom stereocenters. The predicted octanol–water partition coefficient (Wildman–Crippen LogP) is 6.15. The van der Waals surface area contributed by atoms with Crippen LogP contribution in [-0.2, 0) is 11.8 Å². The average molecular weight is 411 g/mol. The number of hydrogen-bond acceptors (Lipinski definition) is 3. The first-order valence-corrected chi connectivity index (χ1v) is 11.8. The van der Waals surface area contributed by atoms with E-state index in [9.17, 15) is 5.11 Å². The maximum Gasteiger partial charge on any atom is 0.139 e. The molecule has 0 radical (unpaired) electrons. The van der Waals surface area contributed by atoms with Crippen molar-refractivity contribution in [3.8, 4) is 16.9 Å². The Hall–Kier alpha value is -2.78. The van der Waals surface area contributed by atoms with E-state index >= 15 is 0 Å². The van der Waals surface area contributed by atoms with Crippen molar-refractivity contribution >= 4 is 11.4 Å². The lowest BCUT2D eigenvalue weighted by Crippen LogP contribution is -2.59. The van der Waals surface area contributed by atoms with E-state index in [1.165, 1.54) is 48.8 Å². The number of rotatable bonds is 3. The summed E-state index contributed by atoms with van der Waals surface area (Å²) in [6.07, 6.45) is 7.52. The molecule has 3 nitrogen and oxygen atoms in total. The van der Waals surface area contributed by atoms with Crippen LogP contribution in [0.2, 0.25) is 0 Å². The Labute approximate surface area is 184 Å². The number of benzene rings is 3. The topological polar surface area (TPSA) is 44.3 Å². The zero-order chi connectivity index (χ0) is 20.8. The fourth-order valence-electron chi connectivity index (χ4n) is 6.68. The molecule has 0 spiro atoms. The molecule has 158 valence electrons. The molecule has 3 atom stereocenters. The highest BCUT2D eigenvalue weighted by atomic mass is 16.3. The summed E-state index contributed by atoms with van der Waals surface area (Å²) in [4.78, 5) is 0. The maximum absolute atomic E-state index is 11.1. The van der Waals surface area contributed by atoms with Crippen LogP contribution in [0.5, 0.6) is 5.75 Å². The molecule has 0 aromatic heterocycles. The van der Waals surface area contributed by atoms with Crippen molar-refractivity contribution in [1.82, 2.24) is 5.32 Å². The van der Waals surface area contributed by atoms with Gasteiger partial charge in [0.05, 0.1) is 5.69 Å². The number of para-hydroxylation sites is 1. The second kappa shape index (κ2) is 7.42. The molecule has 1 heterocycles. The maximum atomic E-state index is 11.1. The first kappa shape index (κ1) is 18.9. The second-order valence-corrected chi connectivity index (χ2v) is 9.59. The molecule has 2 aliphatic carbocycles. The normalized spacial score (nSPS) is 26.6. The van der Waals surface area contributed by atoms with E-state index in [4.69, 9.17) is 0 Å². The van der Waals surface area contributed by atoms with Gasteiger partial charge >= 0.3 is 0 Å². The minimum absolute atomic E-state index is 0.264. The number of anilines is 2. The molecule has 1 saturated heterocycles. The zero-order valence-corrected chi connectivity index (χ0v) is 17.9. The molecule has 6 rings (SSSR count). The highest BCUT2D eigenvalue weighted by Gasteiger charge is 2.51. The van der Waals surface area contributed by atoms with Gasteiger partial charge in [-0.3, -0.25) is 0 Å². The number of phenolic OH excluding ortho intramolecular Hbond substituents is 1. The summed E-state index contributed by atoms with van der Waals surface area (Å²) in [7, 11) is 0. The van der Waals surface area contributed by atoms with E-state index in [1.807, 2.05) is 12.1 Å². The summed E-state index contributed by atoms with van der Waals surface area (Å²) < 4.78 is 0. The molecule has 1 saturated carbocycles. The molecule has 2 bridgehead atoms.